The Morgan fingerprint density at radius 1 is 1.78 bits per heavy atom. The summed E-state index contributed by atoms with van der Waals surface area (Å²) in [4.78, 5) is 0. The molecule has 0 saturated carbocycles. The molecular formula is C6H7NO2. The Morgan fingerprint density at radius 3 is 3.00 bits per heavy atom. The van der Waals surface area contributed by atoms with Gasteiger partial charge in [0.05, 0.1) is 6.26 Å². The minimum Gasteiger partial charge on any atom is -0.463 e. The van der Waals surface area contributed by atoms with E-state index in [1.165, 1.54) is 6.26 Å². The topological polar surface area (TPSA) is 45.7 Å². The van der Waals surface area contributed by atoms with Gasteiger partial charge in [-0.2, -0.15) is 0 Å². The van der Waals surface area contributed by atoms with Crippen molar-refractivity contribution in [2.75, 3.05) is 0 Å². The van der Waals surface area contributed by atoms with Gasteiger partial charge in [-0.25, -0.2) is 0 Å². The lowest BCUT2D eigenvalue weighted by atomic mass is 10.3. The van der Waals surface area contributed by atoms with Crippen LogP contribution in [0.5, 0.6) is 0 Å². The summed E-state index contributed by atoms with van der Waals surface area (Å²) in [7, 11) is 0. The first kappa shape index (κ1) is 5.88. The number of furan rings is 1. The summed E-state index contributed by atoms with van der Waals surface area (Å²) in [6, 6.07) is 3.47. The van der Waals surface area contributed by atoms with Gasteiger partial charge in [0.25, 0.3) is 0 Å². The van der Waals surface area contributed by atoms with Gasteiger partial charge >= 0.3 is 0 Å². The largest absolute Gasteiger partial charge is 0.463 e. The van der Waals surface area contributed by atoms with E-state index in [9.17, 15) is 0 Å². The zero-order chi connectivity index (χ0) is 6.69. The maximum atomic E-state index is 8.23. The maximum absolute atomic E-state index is 8.23. The molecule has 0 aliphatic carbocycles. The minimum atomic E-state index is 0.486. The zero-order valence-electron chi connectivity index (χ0n) is 5.03. The highest BCUT2D eigenvalue weighted by Gasteiger charge is 1.97. The summed E-state index contributed by atoms with van der Waals surface area (Å²) in [5, 5.41) is 11.2. The Morgan fingerprint density at radius 2 is 2.56 bits per heavy atom. The molecule has 3 heteroatoms. The quantitative estimate of drug-likeness (QED) is 0.351. The van der Waals surface area contributed by atoms with Crippen molar-refractivity contribution in [2.45, 2.75) is 6.92 Å². The Labute approximate surface area is 52.6 Å². The molecule has 48 valence electrons. The van der Waals surface area contributed by atoms with Crippen LogP contribution in [0, 0.1) is 0 Å². The second-order valence-corrected chi connectivity index (χ2v) is 1.66. The van der Waals surface area contributed by atoms with E-state index in [-0.39, 0.29) is 0 Å². The normalized spacial score (nSPS) is 11.9. The lowest BCUT2D eigenvalue weighted by molar-refractivity contribution is 0.317. The summed E-state index contributed by atoms with van der Waals surface area (Å²) in [6.07, 6.45) is 1.53. The predicted molar refractivity (Wildman–Crippen MR) is 32.7 cm³/mol. The Kier molecular flexibility index (Phi) is 1.53. The Balaban J connectivity index is 2.90. The molecule has 1 aromatic rings. The molecule has 1 N–H and O–H groups in total. The molecule has 0 spiro atoms. The van der Waals surface area contributed by atoms with Gasteiger partial charge in [-0.1, -0.05) is 5.16 Å². The maximum Gasteiger partial charge on any atom is 0.151 e. The number of rotatable bonds is 1. The van der Waals surface area contributed by atoms with E-state index in [1.807, 2.05) is 0 Å². The first-order valence-corrected chi connectivity index (χ1v) is 2.57. The second kappa shape index (κ2) is 2.35. The minimum absolute atomic E-state index is 0.486. The molecule has 0 bridgehead atoms. The third-order valence-electron chi connectivity index (χ3n) is 1.03. The fraction of sp³-hybridized carbons (Fsp3) is 0.167. The van der Waals surface area contributed by atoms with Crippen LogP contribution >= 0.6 is 0 Å². The van der Waals surface area contributed by atoms with Crippen molar-refractivity contribution in [1.82, 2.24) is 0 Å². The van der Waals surface area contributed by atoms with Gasteiger partial charge in [0.2, 0.25) is 0 Å². The molecule has 3 nitrogen and oxygen atoms in total. The summed E-state index contributed by atoms with van der Waals surface area (Å²) in [5.41, 5.74) is 0.486. The highest BCUT2D eigenvalue weighted by molar-refractivity contribution is 5.95. The number of hydrogen-bond acceptors (Lipinski definition) is 3. The SMILES string of the molecule is C/C(=N\O)c1ccco1. The van der Waals surface area contributed by atoms with Crippen LogP contribution in [-0.4, -0.2) is 10.9 Å². The van der Waals surface area contributed by atoms with Crippen molar-refractivity contribution in [2.24, 2.45) is 5.16 Å². The van der Waals surface area contributed by atoms with E-state index in [0.29, 0.717) is 11.5 Å². The van der Waals surface area contributed by atoms with Crippen LogP contribution in [0.1, 0.15) is 12.7 Å². The van der Waals surface area contributed by atoms with Crippen molar-refractivity contribution in [3.63, 3.8) is 0 Å². The average Bonchev–Trinajstić information content (AvgIpc) is 2.37. The van der Waals surface area contributed by atoms with E-state index in [0.717, 1.165) is 0 Å². The van der Waals surface area contributed by atoms with Gasteiger partial charge in [0, 0.05) is 0 Å². The van der Waals surface area contributed by atoms with E-state index in [1.54, 1.807) is 19.1 Å². The molecule has 0 aliphatic rings. The van der Waals surface area contributed by atoms with Gasteiger partial charge in [-0.3, -0.25) is 0 Å². The lowest BCUT2D eigenvalue weighted by Crippen LogP contribution is -1.89. The summed E-state index contributed by atoms with van der Waals surface area (Å²) < 4.78 is 4.90. The highest BCUT2D eigenvalue weighted by Crippen LogP contribution is 2.00. The van der Waals surface area contributed by atoms with Crippen LogP contribution in [0.15, 0.2) is 28.0 Å². The molecular weight excluding hydrogens is 118 g/mol. The smallest absolute Gasteiger partial charge is 0.151 e. The van der Waals surface area contributed by atoms with E-state index >= 15 is 0 Å². The number of nitrogens with zero attached hydrogens (tertiary/aromatic N) is 1. The van der Waals surface area contributed by atoms with E-state index in [2.05, 4.69) is 5.16 Å². The molecule has 0 fully saturated rings. The summed E-state index contributed by atoms with van der Waals surface area (Å²) in [5.74, 6) is 0.595. The fourth-order valence-corrected chi connectivity index (χ4v) is 0.534. The summed E-state index contributed by atoms with van der Waals surface area (Å²) in [6.45, 7) is 1.67. The zero-order valence-corrected chi connectivity index (χ0v) is 5.03. The Hall–Kier alpha value is -1.25. The van der Waals surface area contributed by atoms with E-state index in [4.69, 9.17) is 9.62 Å². The predicted octanol–water partition coefficient (Wildman–Crippen LogP) is 1.48. The molecule has 9 heavy (non-hydrogen) atoms. The summed E-state index contributed by atoms with van der Waals surface area (Å²) >= 11 is 0. The molecule has 1 heterocycles. The number of oxime groups is 1. The second-order valence-electron chi connectivity index (χ2n) is 1.66. The van der Waals surface area contributed by atoms with Gasteiger partial charge in [0.15, 0.2) is 5.76 Å². The van der Waals surface area contributed by atoms with Gasteiger partial charge in [0.1, 0.15) is 5.71 Å². The first-order valence-electron chi connectivity index (χ1n) is 2.57. The molecule has 0 aliphatic heterocycles. The van der Waals surface area contributed by atoms with Gasteiger partial charge < -0.3 is 9.62 Å². The highest BCUT2D eigenvalue weighted by atomic mass is 16.4. The van der Waals surface area contributed by atoms with Crippen LogP contribution in [-0.2, 0) is 0 Å². The molecule has 0 amide bonds. The van der Waals surface area contributed by atoms with Crippen molar-refractivity contribution >= 4 is 5.71 Å². The molecule has 0 aromatic carbocycles. The number of hydrogen-bond donors (Lipinski definition) is 1. The monoisotopic (exact) mass is 125 g/mol. The molecule has 0 atom stereocenters. The molecule has 1 aromatic heterocycles. The van der Waals surface area contributed by atoms with Crippen LogP contribution in [0.2, 0.25) is 0 Å². The van der Waals surface area contributed by atoms with Gasteiger partial charge in [-0.15, -0.1) is 0 Å². The molecule has 0 radical (unpaired) electrons. The van der Waals surface area contributed by atoms with Crippen molar-refractivity contribution in [3.05, 3.63) is 24.2 Å². The van der Waals surface area contributed by atoms with Crippen LogP contribution in [0.3, 0.4) is 0 Å². The van der Waals surface area contributed by atoms with E-state index < -0.39 is 0 Å². The third-order valence-corrected chi connectivity index (χ3v) is 1.03. The van der Waals surface area contributed by atoms with Crippen molar-refractivity contribution < 1.29 is 9.62 Å². The van der Waals surface area contributed by atoms with Crippen molar-refractivity contribution in [3.8, 4) is 0 Å². The molecule has 0 unspecified atom stereocenters. The fourth-order valence-electron chi connectivity index (χ4n) is 0.534. The lowest BCUT2D eigenvalue weighted by Gasteiger charge is -1.86. The van der Waals surface area contributed by atoms with Crippen LogP contribution in [0.25, 0.3) is 0 Å². The molecule has 1 rings (SSSR count). The standard InChI is InChI=1S/C6H7NO2/c1-5(7-8)6-3-2-4-9-6/h2-4,8H,1H3/b7-5+. The van der Waals surface area contributed by atoms with Crippen LogP contribution < -0.4 is 0 Å². The third kappa shape index (κ3) is 1.10. The average molecular weight is 125 g/mol. The Bertz CT molecular complexity index is 201. The van der Waals surface area contributed by atoms with Gasteiger partial charge in [-0.05, 0) is 19.1 Å². The molecule has 0 saturated heterocycles. The van der Waals surface area contributed by atoms with Crippen LogP contribution in [0.4, 0.5) is 0 Å². The van der Waals surface area contributed by atoms with Crippen molar-refractivity contribution in [1.29, 1.82) is 0 Å². The first-order chi connectivity index (χ1) is 4.34.